The summed E-state index contributed by atoms with van der Waals surface area (Å²) in [6, 6.07) is 13.8. The van der Waals surface area contributed by atoms with Crippen LogP contribution in [0.5, 0.6) is 0 Å². The topological polar surface area (TPSA) is 95.1 Å². The van der Waals surface area contributed by atoms with Gasteiger partial charge in [-0.15, -0.1) is 0 Å². The predicted octanol–water partition coefficient (Wildman–Crippen LogP) is 4.82. The number of nitrogens with zero attached hydrogens (tertiary/aromatic N) is 1. The van der Waals surface area contributed by atoms with Crippen molar-refractivity contribution in [2.24, 2.45) is 0 Å². The van der Waals surface area contributed by atoms with Gasteiger partial charge in [0.1, 0.15) is 0 Å². The largest absolute Gasteiger partial charge is 0.490 e. The van der Waals surface area contributed by atoms with Crippen molar-refractivity contribution in [3.8, 4) is 11.3 Å². The number of aromatic amines is 1. The first-order valence-electron chi connectivity index (χ1n) is 9.34. The van der Waals surface area contributed by atoms with Gasteiger partial charge in [-0.05, 0) is 23.8 Å². The highest BCUT2D eigenvalue weighted by atomic mass is 35.5. The molecule has 2 aromatic heterocycles. The minimum atomic E-state index is -5.08. The van der Waals surface area contributed by atoms with Crippen molar-refractivity contribution in [3.63, 3.8) is 0 Å². The van der Waals surface area contributed by atoms with Crippen molar-refractivity contribution < 1.29 is 27.9 Å². The molecule has 4 rings (SSSR count). The van der Waals surface area contributed by atoms with E-state index in [4.69, 9.17) is 21.5 Å². The number of hydrogen-bond acceptors (Lipinski definition) is 3. The number of H-pyrrole nitrogens is 1. The smallest absolute Gasteiger partial charge is 0.475 e. The van der Waals surface area contributed by atoms with E-state index < -0.39 is 12.1 Å². The Bertz CT molecular complexity index is 1160. The Balaban J connectivity index is 0.000000360. The third kappa shape index (κ3) is 5.76. The number of rotatable bonds is 3. The molecule has 6 nitrogen and oxygen atoms in total. The van der Waals surface area contributed by atoms with Gasteiger partial charge in [0.2, 0.25) is 0 Å². The Morgan fingerprint density at radius 1 is 1.12 bits per heavy atom. The number of amides is 1. The standard InChI is InChI=1S/C20H16ClN3O.C2HF3O2/c21-17-12-23-14(7-6-13-4-2-1-3-5-13)10-15(17)19-11-16-18(24-19)8-9-22-20(16)25;3-2(4,5)1(6)7/h1-7,10-12,24H,8-9H2,(H,22,25);(H,6,7)/b7-6+;. The fourth-order valence-electron chi connectivity index (χ4n) is 2.94. The van der Waals surface area contributed by atoms with Crippen LogP contribution in [-0.4, -0.2) is 39.7 Å². The molecule has 0 bridgehead atoms. The molecule has 1 aliphatic rings. The number of halogens is 4. The van der Waals surface area contributed by atoms with E-state index >= 15 is 0 Å². The number of aliphatic carboxylic acids is 1. The van der Waals surface area contributed by atoms with Gasteiger partial charge in [-0.1, -0.05) is 48.0 Å². The maximum atomic E-state index is 12.0. The summed E-state index contributed by atoms with van der Waals surface area (Å²) < 4.78 is 31.7. The fraction of sp³-hybridized carbons (Fsp3) is 0.136. The Morgan fingerprint density at radius 2 is 1.81 bits per heavy atom. The zero-order valence-electron chi connectivity index (χ0n) is 16.4. The summed E-state index contributed by atoms with van der Waals surface area (Å²) in [6.07, 6.45) is 1.31. The zero-order valence-corrected chi connectivity index (χ0v) is 17.2. The van der Waals surface area contributed by atoms with Gasteiger partial charge in [0.25, 0.3) is 5.91 Å². The molecule has 1 aliphatic heterocycles. The number of carbonyl (C=O) groups is 2. The monoisotopic (exact) mass is 463 g/mol. The van der Waals surface area contributed by atoms with Gasteiger partial charge < -0.3 is 15.4 Å². The van der Waals surface area contributed by atoms with Gasteiger partial charge in [-0.25, -0.2) is 4.79 Å². The van der Waals surface area contributed by atoms with E-state index in [1.54, 1.807) is 6.20 Å². The molecule has 0 fully saturated rings. The molecule has 0 aliphatic carbocycles. The van der Waals surface area contributed by atoms with Crippen LogP contribution < -0.4 is 5.32 Å². The van der Waals surface area contributed by atoms with Crippen molar-refractivity contribution in [1.82, 2.24) is 15.3 Å². The second kappa shape index (κ2) is 9.69. The zero-order chi connectivity index (χ0) is 23.3. The molecular formula is C22H17ClF3N3O3. The summed E-state index contributed by atoms with van der Waals surface area (Å²) in [6.45, 7) is 0.654. The average molecular weight is 464 g/mol. The average Bonchev–Trinajstić information content (AvgIpc) is 3.19. The molecule has 0 spiro atoms. The summed E-state index contributed by atoms with van der Waals surface area (Å²) in [5.74, 6) is -2.80. The number of pyridine rings is 1. The van der Waals surface area contributed by atoms with Gasteiger partial charge >= 0.3 is 12.1 Å². The van der Waals surface area contributed by atoms with Crippen LogP contribution in [0.3, 0.4) is 0 Å². The highest BCUT2D eigenvalue weighted by Gasteiger charge is 2.38. The van der Waals surface area contributed by atoms with Crippen molar-refractivity contribution in [2.75, 3.05) is 6.54 Å². The van der Waals surface area contributed by atoms with Crippen LogP contribution in [-0.2, 0) is 11.2 Å². The molecule has 1 amide bonds. The first kappa shape index (κ1) is 23.1. The summed E-state index contributed by atoms with van der Waals surface area (Å²) in [5, 5.41) is 10.5. The molecule has 32 heavy (non-hydrogen) atoms. The summed E-state index contributed by atoms with van der Waals surface area (Å²) in [7, 11) is 0. The Hall–Kier alpha value is -3.59. The number of alkyl halides is 3. The molecule has 3 heterocycles. The van der Waals surface area contributed by atoms with Crippen LogP contribution in [0, 0.1) is 0 Å². The maximum absolute atomic E-state index is 12.0. The van der Waals surface area contributed by atoms with E-state index in [9.17, 15) is 18.0 Å². The van der Waals surface area contributed by atoms with Crippen LogP contribution in [0.2, 0.25) is 5.02 Å². The summed E-state index contributed by atoms with van der Waals surface area (Å²) >= 11 is 6.34. The number of carboxylic acid groups (broad SMARTS) is 1. The molecule has 0 saturated carbocycles. The van der Waals surface area contributed by atoms with Gasteiger partial charge in [-0.2, -0.15) is 13.2 Å². The van der Waals surface area contributed by atoms with E-state index in [0.29, 0.717) is 17.1 Å². The second-order valence-corrected chi connectivity index (χ2v) is 7.12. The predicted molar refractivity (Wildman–Crippen MR) is 114 cm³/mol. The molecule has 0 unspecified atom stereocenters. The minimum Gasteiger partial charge on any atom is -0.475 e. The van der Waals surface area contributed by atoms with E-state index in [2.05, 4.69) is 15.3 Å². The molecule has 166 valence electrons. The molecule has 0 radical (unpaired) electrons. The lowest BCUT2D eigenvalue weighted by atomic mass is 10.1. The summed E-state index contributed by atoms with van der Waals surface area (Å²) in [5.41, 5.74) is 5.23. The van der Waals surface area contributed by atoms with Gasteiger partial charge in [0.05, 0.1) is 16.3 Å². The highest BCUT2D eigenvalue weighted by Crippen LogP contribution is 2.30. The Morgan fingerprint density at radius 3 is 2.44 bits per heavy atom. The van der Waals surface area contributed by atoms with E-state index in [-0.39, 0.29) is 5.91 Å². The van der Waals surface area contributed by atoms with Gasteiger partial charge in [-0.3, -0.25) is 9.78 Å². The molecular weight excluding hydrogens is 447 g/mol. The lowest BCUT2D eigenvalue weighted by Gasteiger charge is -2.11. The third-order valence-corrected chi connectivity index (χ3v) is 4.76. The maximum Gasteiger partial charge on any atom is 0.490 e. The molecule has 0 saturated heterocycles. The number of fused-ring (bicyclic) bond motifs is 1. The van der Waals surface area contributed by atoms with E-state index in [1.165, 1.54) is 0 Å². The fourth-order valence-corrected chi connectivity index (χ4v) is 3.14. The first-order chi connectivity index (χ1) is 15.1. The number of hydrogen-bond donors (Lipinski definition) is 3. The van der Waals surface area contributed by atoms with Gasteiger partial charge in [0, 0.05) is 36.1 Å². The molecule has 10 heteroatoms. The molecule has 0 atom stereocenters. The van der Waals surface area contributed by atoms with Gasteiger partial charge in [0.15, 0.2) is 0 Å². The second-order valence-electron chi connectivity index (χ2n) is 6.72. The quantitative estimate of drug-likeness (QED) is 0.519. The Kier molecular flexibility index (Phi) is 6.99. The highest BCUT2D eigenvalue weighted by molar-refractivity contribution is 6.33. The number of nitrogens with one attached hydrogen (secondary N) is 2. The number of carbonyl (C=O) groups excluding carboxylic acids is 1. The van der Waals surface area contributed by atoms with E-state index in [0.717, 1.165) is 34.6 Å². The third-order valence-electron chi connectivity index (χ3n) is 4.46. The van der Waals surface area contributed by atoms with Crippen LogP contribution >= 0.6 is 11.6 Å². The van der Waals surface area contributed by atoms with Crippen molar-refractivity contribution >= 4 is 35.6 Å². The summed E-state index contributed by atoms with van der Waals surface area (Å²) in [4.78, 5) is 28.5. The van der Waals surface area contributed by atoms with Crippen LogP contribution in [0.25, 0.3) is 23.4 Å². The normalized spacial score (nSPS) is 13.2. The number of carboxylic acids is 1. The number of benzene rings is 1. The SMILES string of the molecule is O=C(O)C(F)(F)F.O=C1NCCc2[nH]c(-c3cc(/C=C/c4ccccc4)ncc3Cl)cc21. The van der Waals surface area contributed by atoms with Crippen molar-refractivity contribution in [3.05, 3.63) is 76.2 Å². The lowest BCUT2D eigenvalue weighted by molar-refractivity contribution is -0.192. The van der Waals surface area contributed by atoms with Crippen molar-refractivity contribution in [2.45, 2.75) is 12.6 Å². The van der Waals surface area contributed by atoms with Crippen molar-refractivity contribution in [1.29, 1.82) is 0 Å². The first-order valence-corrected chi connectivity index (χ1v) is 9.72. The van der Waals surface area contributed by atoms with Crippen LogP contribution in [0.1, 0.15) is 27.3 Å². The number of aromatic nitrogens is 2. The molecule has 3 aromatic rings. The van der Waals surface area contributed by atoms with Crippen LogP contribution in [0.4, 0.5) is 13.2 Å². The van der Waals surface area contributed by atoms with E-state index in [1.807, 2.05) is 54.6 Å². The molecule has 3 N–H and O–H groups in total. The molecule has 1 aromatic carbocycles. The minimum absolute atomic E-state index is 0.0434. The Labute approximate surface area is 185 Å². The lowest BCUT2D eigenvalue weighted by Crippen LogP contribution is -2.31. The van der Waals surface area contributed by atoms with Crippen LogP contribution in [0.15, 0.2) is 48.7 Å².